The van der Waals surface area contributed by atoms with Gasteiger partial charge in [0.1, 0.15) is 5.01 Å². The van der Waals surface area contributed by atoms with Crippen LogP contribution in [0.15, 0.2) is 12.4 Å². The summed E-state index contributed by atoms with van der Waals surface area (Å²) in [7, 11) is 0. The minimum atomic E-state index is -0.212. The van der Waals surface area contributed by atoms with Gasteiger partial charge in [-0.1, -0.05) is 11.3 Å². The van der Waals surface area contributed by atoms with E-state index >= 15 is 0 Å². The summed E-state index contributed by atoms with van der Waals surface area (Å²) in [6.07, 6.45) is 3.23. The molecule has 0 atom stereocenters. The second-order valence-corrected chi connectivity index (χ2v) is 4.35. The molecule has 1 N–H and O–H groups in total. The quantitative estimate of drug-likeness (QED) is 0.873. The number of amides is 1. The fourth-order valence-corrected chi connectivity index (χ4v) is 1.76. The van der Waals surface area contributed by atoms with Crippen LogP contribution < -0.4 is 5.32 Å². The Hall–Kier alpha value is -1.76. The van der Waals surface area contributed by atoms with Gasteiger partial charge in [-0.25, -0.2) is 0 Å². The lowest BCUT2D eigenvalue weighted by molar-refractivity contribution is 0.102. The molecule has 2 rings (SSSR count). The van der Waals surface area contributed by atoms with Crippen molar-refractivity contribution in [3.8, 4) is 0 Å². The smallest absolute Gasteiger partial charge is 0.260 e. The lowest BCUT2D eigenvalue weighted by Crippen LogP contribution is -2.10. The number of carbonyl (C=O) groups is 1. The molecule has 2 heterocycles. The van der Waals surface area contributed by atoms with Crippen molar-refractivity contribution in [3.05, 3.63) is 23.0 Å². The maximum absolute atomic E-state index is 11.7. The van der Waals surface area contributed by atoms with Gasteiger partial charge in [0, 0.05) is 12.7 Å². The number of aryl methyl sites for hydroxylation is 2. The normalized spacial score (nSPS) is 10.4. The van der Waals surface area contributed by atoms with E-state index in [-0.39, 0.29) is 5.91 Å². The van der Waals surface area contributed by atoms with Gasteiger partial charge in [-0.15, -0.1) is 10.2 Å². The minimum absolute atomic E-state index is 0.212. The molecule has 84 valence electrons. The van der Waals surface area contributed by atoms with Crippen LogP contribution >= 0.6 is 11.3 Å². The minimum Gasteiger partial charge on any atom is -0.296 e. The van der Waals surface area contributed by atoms with Crippen LogP contribution in [0.2, 0.25) is 0 Å². The van der Waals surface area contributed by atoms with E-state index in [4.69, 9.17) is 0 Å². The van der Waals surface area contributed by atoms with Crippen LogP contribution in [0.1, 0.15) is 22.3 Å². The van der Waals surface area contributed by atoms with E-state index < -0.39 is 0 Å². The molecule has 7 heteroatoms. The van der Waals surface area contributed by atoms with Gasteiger partial charge < -0.3 is 0 Å². The molecular weight excluding hydrogens is 226 g/mol. The predicted molar refractivity (Wildman–Crippen MR) is 60.5 cm³/mol. The van der Waals surface area contributed by atoms with Gasteiger partial charge >= 0.3 is 0 Å². The standard InChI is InChI=1S/C9H11N5OS/c1-3-14-5-7(4-10-14)8(15)11-9-13-12-6(2)16-9/h4-5H,3H2,1-2H3,(H,11,13,15). The first-order chi connectivity index (χ1) is 7.69. The molecule has 2 aromatic heterocycles. The number of nitrogens with one attached hydrogen (secondary N) is 1. The average molecular weight is 237 g/mol. The fraction of sp³-hybridized carbons (Fsp3) is 0.333. The van der Waals surface area contributed by atoms with Gasteiger partial charge in [-0.05, 0) is 13.8 Å². The zero-order valence-electron chi connectivity index (χ0n) is 8.97. The number of carbonyl (C=O) groups excluding carboxylic acids is 1. The van der Waals surface area contributed by atoms with Gasteiger partial charge in [0.2, 0.25) is 5.13 Å². The number of aromatic nitrogens is 4. The Bertz CT molecular complexity index is 503. The second kappa shape index (κ2) is 4.40. The molecule has 1 amide bonds. The summed E-state index contributed by atoms with van der Waals surface area (Å²) in [6.45, 7) is 4.54. The monoisotopic (exact) mass is 237 g/mol. The highest BCUT2D eigenvalue weighted by molar-refractivity contribution is 7.15. The summed E-state index contributed by atoms with van der Waals surface area (Å²) < 4.78 is 1.69. The Morgan fingerprint density at radius 2 is 2.38 bits per heavy atom. The number of hydrogen-bond donors (Lipinski definition) is 1. The van der Waals surface area contributed by atoms with Crippen LogP contribution in [0.5, 0.6) is 0 Å². The van der Waals surface area contributed by atoms with E-state index in [1.807, 2.05) is 13.8 Å². The number of nitrogens with zero attached hydrogens (tertiary/aromatic N) is 4. The zero-order chi connectivity index (χ0) is 11.5. The van der Waals surface area contributed by atoms with E-state index in [0.717, 1.165) is 11.6 Å². The van der Waals surface area contributed by atoms with Crippen molar-refractivity contribution in [1.82, 2.24) is 20.0 Å². The lowest BCUT2D eigenvalue weighted by atomic mass is 10.3. The molecule has 0 aliphatic rings. The molecule has 0 saturated carbocycles. The van der Waals surface area contributed by atoms with Crippen molar-refractivity contribution in [2.75, 3.05) is 5.32 Å². The fourth-order valence-electron chi connectivity index (χ4n) is 1.17. The molecule has 0 unspecified atom stereocenters. The summed E-state index contributed by atoms with van der Waals surface area (Å²) >= 11 is 1.34. The number of rotatable bonds is 3. The van der Waals surface area contributed by atoms with E-state index in [2.05, 4.69) is 20.6 Å². The average Bonchev–Trinajstić information content (AvgIpc) is 2.87. The van der Waals surface area contributed by atoms with Crippen LogP contribution in [-0.2, 0) is 6.54 Å². The molecule has 0 aliphatic heterocycles. The number of anilines is 1. The van der Waals surface area contributed by atoms with Crippen LogP contribution in [0, 0.1) is 6.92 Å². The molecule has 0 spiro atoms. The highest BCUT2D eigenvalue weighted by atomic mass is 32.1. The van der Waals surface area contributed by atoms with E-state index in [9.17, 15) is 4.79 Å². The first-order valence-corrected chi connectivity index (χ1v) is 5.64. The van der Waals surface area contributed by atoms with Crippen molar-refractivity contribution in [2.45, 2.75) is 20.4 Å². The molecule has 0 fully saturated rings. The SMILES string of the molecule is CCn1cc(C(=O)Nc2nnc(C)s2)cn1. The van der Waals surface area contributed by atoms with Gasteiger partial charge in [0.25, 0.3) is 5.91 Å². The van der Waals surface area contributed by atoms with Crippen molar-refractivity contribution < 1.29 is 4.79 Å². The van der Waals surface area contributed by atoms with Crippen LogP contribution in [0.4, 0.5) is 5.13 Å². The molecule has 0 bridgehead atoms. The van der Waals surface area contributed by atoms with Crippen LogP contribution in [0.25, 0.3) is 0 Å². The van der Waals surface area contributed by atoms with Gasteiger partial charge in [-0.3, -0.25) is 14.8 Å². The topological polar surface area (TPSA) is 72.7 Å². The molecule has 16 heavy (non-hydrogen) atoms. The molecule has 2 aromatic rings. The third-order valence-electron chi connectivity index (χ3n) is 1.97. The predicted octanol–water partition coefficient (Wildman–Crippen LogP) is 1.32. The summed E-state index contributed by atoms with van der Waals surface area (Å²) in [6, 6.07) is 0. The molecule has 0 aromatic carbocycles. The molecule has 0 aliphatic carbocycles. The Balaban J connectivity index is 2.08. The highest BCUT2D eigenvalue weighted by Gasteiger charge is 2.10. The van der Waals surface area contributed by atoms with Crippen LogP contribution in [-0.4, -0.2) is 25.9 Å². The van der Waals surface area contributed by atoms with Gasteiger partial charge in [-0.2, -0.15) is 5.10 Å². The molecule has 0 radical (unpaired) electrons. The Labute approximate surface area is 96.3 Å². The maximum atomic E-state index is 11.7. The van der Waals surface area contributed by atoms with Crippen molar-refractivity contribution in [2.24, 2.45) is 0 Å². The van der Waals surface area contributed by atoms with Gasteiger partial charge in [0.05, 0.1) is 11.8 Å². The van der Waals surface area contributed by atoms with Crippen molar-refractivity contribution in [3.63, 3.8) is 0 Å². The van der Waals surface area contributed by atoms with Crippen molar-refractivity contribution >= 4 is 22.4 Å². The lowest BCUT2D eigenvalue weighted by Gasteiger charge is -1.96. The summed E-state index contributed by atoms with van der Waals surface area (Å²) in [5, 5.41) is 15.7. The van der Waals surface area contributed by atoms with E-state index in [0.29, 0.717) is 10.7 Å². The molecular formula is C9H11N5OS. The first kappa shape index (κ1) is 10.7. The summed E-state index contributed by atoms with van der Waals surface area (Å²) in [4.78, 5) is 11.7. The first-order valence-electron chi connectivity index (χ1n) is 4.83. The molecule has 6 nitrogen and oxygen atoms in total. The van der Waals surface area contributed by atoms with E-state index in [1.54, 1.807) is 10.9 Å². The summed E-state index contributed by atoms with van der Waals surface area (Å²) in [5.41, 5.74) is 0.523. The van der Waals surface area contributed by atoms with Crippen LogP contribution in [0.3, 0.4) is 0 Å². The zero-order valence-corrected chi connectivity index (χ0v) is 9.78. The van der Waals surface area contributed by atoms with Crippen molar-refractivity contribution in [1.29, 1.82) is 0 Å². The third-order valence-corrected chi connectivity index (χ3v) is 2.72. The van der Waals surface area contributed by atoms with E-state index in [1.165, 1.54) is 17.5 Å². The highest BCUT2D eigenvalue weighted by Crippen LogP contribution is 2.14. The maximum Gasteiger partial charge on any atom is 0.260 e. The Kier molecular flexibility index (Phi) is 2.95. The summed E-state index contributed by atoms with van der Waals surface area (Å²) in [5.74, 6) is -0.212. The second-order valence-electron chi connectivity index (χ2n) is 3.17. The largest absolute Gasteiger partial charge is 0.296 e. The Morgan fingerprint density at radius 3 is 2.94 bits per heavy atom. The number of hydrogen-bond acceptors (Lipinski definition) is 5. The Morgan fingerprint density at radius 1 is 1.56 bits per heavy atom. The van der Waals surface area contributed by atoms with Gasteiger partial charge in [0.15, 0.2) is 0 Å². The molecule has 0 saturated heterocycles. The third kappa shape index (κ3) is 2.25.